The fourth-order valence-corrected chi connectivity index (χ4v) is 3.11. The van der Waals surface area contributed by atoms with Crippen molar-refractivity contribution in [2.75, 3.05) is 5.32 Å². The summed E-state index contributed by atoms with van der Waals surface area (Å²) in [5.41, 5.74) is 10.7. The van der Waals surface area contributed by atoms with Crippen molar-refractivity contribution < 1.29 is 0 Å². The van der Waals surface area contributed by atoms with Crippen molar-refractivity contribution in [3.63, 3.8) is 0 Å². The van der Waals surface area contributed by atoms with Gasteiger partial charge >= 0.3 is 0 Å². The number of hydrogen-bond donors (Lipinski definition) is 2. The highest BCUT2D eigenvalue weighted by molar-refractivity contribution is 9.10. The standard InChI is InChI=1S/C15H18BrN5/c1-21-9-13(16)14(20-21)8-18-15(17)19-12-6-5-10-3-2-4-11(10)7-12/h5-7,9H,2-4,8H2,1H3,(H3,17,18,19). The molecule has 2 aromatic rings. The highest BCUT2D eigenvalue weighted by Crippen LogP contribution is 2.24. The Morgan fingerprint density at radius 2 is 2.24 bits per heavy atom. The average Bonchev–Trinajstić information content (AvgIpc) is 3.02. The van der Waals surface area contributed by atoms with E-state index in [4.69, 9.17) is 5.73 Å². The number of anilines is 1. The second kappa shape index (κ2) is 5.89. The van der Waals surface area contributed by atoms with Gasteiger partial charge in [-0.1, -0.05) is 6.07 Å². The van der Waals surface area contributed by atoms with Gasteiger partial charge in [-0.05, 0) is 58.5 Å². The van der Waals surface area contributed by atoms with Crippen LogP contribution in [0, 0.1) is 0 Å². The summed E-state index contributed by atoms with van der Waals surface area (Å²) in [6.07, 6.45) is 5.49. The van der Waals surface area contributed by atoms with Crippen LogP contribution in [0.5, 0.6) is 0 Å². The predicted molar refractivity (Wildman–Crippen MR) is 88.3 cm³/mol. The van der Waals surface area contributed by atoms with E-state index in [1.807, 2.05) is 13.2 Å². The Balaban J connectivity index is 1.67. The summed E-state index contributed by atoms with van der Waals surface area (Å²) in [5, 5.41) is 7.46. The van der Waals surface area contributed by atoms with Gasteiger partial charge in [-0.25, -0.2) is 4.99 Å². The van der Waals surface area contributed by atoms with Crippen molar-refractivity contribution in [1.29, 1.82) is 0 Å². The van der Waals surface area contributed by atoms with Crippen molar-refractivity contribution in [2.24, 2.45) is 17.8 Å². The lowest BCUT2D eigenvalue weighted by Crippen LogP contribution is -2.22. The van der Waals surface area contributed by atoms with E-state index in [0.717, 1.165) is 22.3 Å². The molecule has 0 amide bonds. The smallest absolute Gasteiger partial charge is 0.193 e. The summed E-state index contributed by atoms with van der Waals surface area (Å²) in [5.74, 6) is 0.408. The topological polar surface area (TPSA) is 68.2 Å². The van der Waals surface area contributed by atoms with Crippen LogP contribution in [0.2, 0.25) is 0 Å². The number of halogens is 1. The fourth-order valence-electron chi connectivity index (χ4n) is 2.61. The van der Waals surface area contributed by atoms with Crippen molar-refractivity contribution in [1.82, 2.24) is 9.78 Å². The van der Waals surface area contributed by atoms with Gasteiger partial charge in [0.05, 0.1) is 16.7 Å². The van der Waals surface area contributed by atoms with Crippen LogP contribution in [-0.4, -0.2) is 15.7 Å². The molecule has 3 rings (SSSR count). The predicted octanol–water partition coefficient (Wildman–Crippen LogP) is 2.60. The second-order valence-electron chi connectivity index (χ2n) is 5.26. The van der Waals surface area contributed by atoms with Gasteiger partial charge in [0.1, 0.15) is 0 Å². The third-order valence-corrected chi connectivity index (χ3v) is 4.29. The van der Waals surface area contributed by atoms with Crippen LogP contribution in [0.4, 0.5) is 5.69 Å². The minimum absolute atomic E-state index is 0.408. The van der Waals surface area contributed by atoms with E-state index in [0.29, 0.717) is 12.5 Å². The first-order chi connectivity index (χ1) is 10.1. The zero-order valence-corrected chi connectivity index (χ0v) is 13.5. The number of aryl methyl sites for hydroxylation is 3. The first-order valence-corrected chi connectivity index (χ1v) is 7.78. The van der Waals surface area contributed by atoms with Gasteiger partial charge in [0, 0.05) is 18.9 Å². The lowest BCUT2D eigenvalue weighted by molar-refractivity contribution is 0.743. The van der Waals surface area contributed by atoms with E-state index in [9.17, 15) is 0 Å². The molecule has 0 atom stereocenters. The van der Waals surface area contributed by atoms with Gasteiger partial charge in [0.25, 0.3) is 0 Å². The van der Waals surface area contributed by atoms with Crippen molar-refractivity contribution in [3.05, 3.63) is 45.7 Å². The lowest BCUT2D eigenvalue weighted by Gasteiger charge is -2.07. The molecule has 0 aliphatic heterocycles. The first-order valence-electron chi connectivity index (χ1n) is 6.98. The molecule has 5 nitrogen and oxygen atoms in total. The van der Waals surface area contributed by atoms with Crippen LogP contribution < -0.4 is 11.1 Å². The van der Waals surface area contributed by atoms with Crippen LogP contribution in [0.15, 0.2) is 33.9 Å². The number of nitrogens with one attached hydrogen (secondary N) is 1. The maximum absolute atomic E-state index is 5.94. The monoisotopic (exact) mass is 347 g/mol. The molecule has 6 heteroatoms. The average molecular weight is 348 g/mol. The zero-order chi connectivity index (χ0) is 14.8. The van der Waals surface area contributed by atoms with Gasteiger partial charge in [-0.2, -0.15) is 5.10 Å². The summed E-state index contributed by atoms with van der Waals surface area (Å²) in [7, 11) is 1.88. The van der Waals surface area contributed by atoms with Gasteiger partial charge in [0.2, 0.25) is 0 Å². The summed E-state index contributed by atoms with van der Waals surface area (Å²) >= 11 is 3.45. The fraction of sp³-hybridized carbons (Fsp3) is 0.333. The Morgan fingerprint density at radius 1 is 1.43 bits per heavy atom. The van der Waals surface area contributed by atoms with Crippen LogP contribution in [0.25, 0.3) is 0 Å². The molecule has 110 valence electrons. The third kappa shape index (κ3) is 3.26. The summed E-state index contributed by atoms with van der Waals surface area (Å²) in [4.78, 5) is 4.33. The molecule has 0 fully saturated rings. The van der Waals surface area contributed by atoms with E-state index in [-0.39, 0.29) is 0 Å². The van der Waals surface area contributed by atoms with Crippen molar-refractivity contribution in [2.45, 2.75) is 25.8 Å². The maximum atomic E-state index is 5.94. The Kier molecular flexibility index (Phi) is 3.96. The Morgan fingerprint density at radius 3 is 3.00 bits per heavy atom. The highest BCUT2D eigenvalue weighted by Gasteiger charge is 2.11. The number of rotatable bonds is 3. The summed E-state index contributed by atoms with van der Waals surface area (Å²) in [6.45, 7) is 0.450. The maximum Gasteiger partial charge on any atom is 0.193 e. The normalized spacial score (nSPS) is 14.3. The molecular weight excluding hydrogens is 330 g/mol. The number of aromatic nitrogens is 2. The number of hydrogen-bond acceptors (Lipinski definition) is 2. The highest BCUT2D eigenvalue weighted by atomic mass is 79.9. The van der Waals surface area contributed by atoms with Crippen LogP contribution in [-0.2, 0) is 26.4 Å². The molecule has 21 heavy (non-hydrogen) atoms. The molecule has 1 aliphatic rings. The molecule has 1 aliphatic carbocycles. The van der Waals surface area contributed by atoms with Crippen LogP contribution in [0.3, 0.4) is 0 Å². The number of nitrogens with two attached hydrogens (primary N) is 1. The van der Waals surface area contributed by atoms with Crippen molar-refractivity contribution in [3.8, 4) is 0 Å². The van der Waals surface area contributed by atoms with E-state index in [1.54, 1.807) is 4.68 Å². The largest absolute Gasteiger partial charge is 0.370 e. The molecule has 1 heterocycles. The number of fused-ring (bicyclic) bond motifs is 1. The molecule has 0 spiro atoms. The van der Waals surface area contributed by atoms with E-state index in [1.165, 1.54) is 24.0 Å². The van der Waals surface area contributed by atoms with E-state index < -0.39 is 0 Å². The Hall–Kier alpha value is -1.82. The Labute approximate surface area is 132 Å². The van der Waals surface area contributed by atoms with E-state index in [2.05, 4.69) is 49.5 Å². The molecule has 1 aromatic heterocycles. The van der Waals surface area contributed by atoms with Gasteiger partial charge in [-0.15, -0.1) is 0 Å². The molecule has 1 aromatic carbocycles. The number of nitrogens with zero attached hydrogens (tertiary/aromatic N) is 3. The second-order valence-corrected chi connectivity index (χ2v) is 6.12. The number of aliphatic imine (C=N–C) groups is 1. The van der Waals surface area contributed by atoms with Crippen LogP contribution in [0.1, 0.15) is 23.2 Å². The molecular formula is C15H18BrN5. The minimum atomic E-state index is 0.408. The van der Waals surface area contributed by atoms with Gasteiger partial charge < -0.3 is 11.1 Å². The lowest BCUT2D eigenvalue weighted by atomic mass is 10.1. The third-order valence-electron chi connectivity index (χ3n) is 3.62. The molecule has 0 unspecified atom stereocenters. The molecule has 0 bridgehead atoms. The zero-order valence-electron chi connectivity index (χ0n) is 11.9. The quantitative estimate of drug-likeness (QED) is 0.662. The SMILES string of the molecule is Cn1cc(Br)c(CN=C(N)Nc2ccc3c(c2)CCC3)n1. The molecule has 0 saturated carbocycles. The summed E-state index contributed by atoms with van der Waals surface area (Å²) < 4.78 is 2.69. The summed E-state index contributed by atoms with van der Waals surface area (Å²) in [6, 6.07) is 6.40. The molecule has 0 saturated heterocycles. The first kappa shape index (κ1) is 14.1. The van der Waals surface area contributed by atoms with Gasteiger partial charge in [0.15, 0.2) is 5.96 Å². The Bertz CT molecular complexity index is 689. The number of guanidine groups is 1. The minimum Gasteiger partial charge on any atom is -0.370 e. The van der Waals surface area contributed by atoms with E-state index >= 15 is 0 Å². The van der Waals surface area contributed by atoms with Crippen molar-refractivity contribution >= 4 is 27.6 Å². The molecule has 3 N–H and O–H groups in total. The number of benzene rings is 1. The van der Waals surface area contributed by atoms with Crippen LogP contribution >= 0.6 is 15.9 Å². The molecule has 0 radical (unpaired) electrons. The van der Waals surface area contributed by atoms with Gasteiger partial charge in [-0.3, -0.25) is 4.68 Å².